The van der Waals surface area contributed by atoms with Gasteiger partial charge >= 0.3 is 5.97 Å². The largest absolute Gasteiger partial charge is 0.481 e. The minimum absolute atomic E-state index is 0.0101. The van der Waals surface area contributed by atoms with E-state index in [2.05, 4.69) is 0 Å². The van der Waals surface area contributed by atoms with Gasteiger partial charge in [-0.2, -0.15) is 0 Å². The SMILES string of the molecule is CCN(CC(C)C(=O)O)C(=O)c1c(C)cccc1[N+](=O)[O-]. The number of nitrogens with zero attached hydrogens (tertiary/aromatic N) is 2. The van der Waals surface area contributed by atoms with Crippen LogP contribution in [0.15, 0.2) is 18.2 Å². The first-order valence-electron chi connectivity index (χ1n) is 6.55. The van der Waals surface area contributed by atoms with Gasteiger partial charge in [-0.15, -0.1) is 0 Å². The van der Waals surface area contributed by atoms with E-state index in [-0.39, 0.29) is 24.3 Å². The third kappa shape index (κ3) is 3.77. The summed E-state index contributed by atoms with van der Waals surface area (Å²) in [5.74, 6) is -2.27. The van der Waals surface area contributed by atoms with Crippen molar-refractivity contribution >= 4 is 17.6 Å². The van der Waals surface area contributed by atoms with Gasteiger partial charge in [0, 0.05) is 19.2 Å². The number of carboxylic acids is 1. The second-order valence-electron chi connectivity index (χ2n) is 4.81. The van der Waals surface area contributed by atoms with Crippen molar-refractivity contribution in [1.82, 2.24) is 4.90 Å². The van der Waals surface area contributed by atoms with E-state index in [4.69, 9.17) is 5.11 Å². The predicted molar refractivity (Wildman–Crippen MR) is 76.2 cm³/mol. The van der Waals surface area contributed by atoms with Crippen LogP contribution in [0.4, 0.5) is 5.69 Å². The van der Waals surface area contributed by atoms with Crippen LogP contribution < -0.4 is 0 Å². The van der Waals surface area contributed by atoms with Gasteiger partial charge in [-0.3, -0.25) is 19.7 Å². The highest BCUT2D eigenvalue weighted by atomic mass is 16.6. The first kappa shape index (κ1) is 16.6. The number of rotatable bonds is 6. The summed E-state index contributed by atoms with van der Waals surface area (Å²) in [6.07, 6.45) is 0. The molecule has 114 valence electrons. The van der Waals surface area contributed by atoms with E-state index in [0.29, 0.717) is 5.56 Å². The van der Waals surface area contributed by atoms with E-state index >= 15 is 0 Å². The Labute approximate surface area is 122 Å². The Hall–Kier alpha value is -2.44. The summed E-state index contributed by atoms with van der Waals surface area (Å²) in [6.45, 7) is 5.11. The standard InChI is InChI=1S/C14H18N2O5/c1-4-15(8-10(3)14(18)19)13(17)12-9(2)6-5-7-11(12)16(20)21/h5-7,10H,4,8H2,1-3H3,(H,18,19). The Morgan fingerprint density at radius 3 is 2.52 bits per heavy atom. The fraction of sp³-hybridized carbons (Fsp3) is 0.429. The number of hydrogen-bond donors (Lipinski definition) is 1. The Morgan fingerprint density at radius 2 is 2.05 bits per heavy atom. The van der Waals surface area contributed by atoms with Gasteiger partial charge in [0.1, 0.15) is 5.56 Å². The number of carbonyl (C=O) groups excluding carboxylic acids is 1. The van der Waals surface area contributed by atoms with Crippen molar-refractivity contribution < 1.29 is 19.6 Å². The van der Waals surface area contributed by atoms with Crippen LogP contribution in [0.2, 0.25) is 0 Å². The second-order valence-corrected chi connectivity index (χ2v) is 4.81. The van der Waals surface area contributed by atoms with Crippen molar-refractivity contribution in [2.24, 2.45) is 5.92 Å². The highest BCUT2D eigenvalue weighted by Gasteiger charge is 2.27. The number of hydrogen-bond acceptors (Lipinski definition) is 4. The molecule has 0 saturated carbocycles. The Balaban J connectivity index is 3.17. The zero-order chi connectivity index (χ0) is 16.2. The number of nitro benzene ring substituents is 1. The number of benzene rings is 1. The maximum absolute atomic E-state index is 12.5. The summed E-state index contributed by atoms with van der Waals surface area (Å²) in [5.41, 5.74) is 0.249. The van der Waals surface area contributed by atoms with Gasteiger partial charge in [-0.05, 0) is 19.4 Å². The molecule has 0 aliphatic rings. The van der Waals surface area contributed by atoms with Gasteiger partial charge in [-0.25, -0.2) is 0 Å². The molecule has 0 fully saturated rings. The van der Waals surface area contributed by atoms with Crippen LogP contribution >= 0.6 is 0 Å². The number of aliphatic carboxylic acids is 1. The minimum Gasteiger partial charge on any atom is -0.481 e. The number of nitro groups is 1. The normalized spacial score (nSPS) is 11.8. The van der Waals surface area contributed by atoms with E-state index in [1.54, 1.807) is 19.9 Å². The molecule has 7 nitrogen and oxygen atoms in total. The van der Waals surface area contributed by atoms with Crippen LogP contribution in [0.3, 0.4) is 0 Å². The molecule has 0 saturated heterocycles. The first-order chi connectivity index (χ1) is 9.79. The molecule has 1 amide bonds. The van der Waals surface area contributed by atoms with Gasteiger partial charge in [0.15, 0.2) is 0 Å². The molecule has 1 unspecified atom stereocenters. The molecule has 0 bridgehead atoms. The smallest absolute Gasteiger partial charge is 0.308 e. The lowest BCUT2D eigenvalue weighted by atomic mass is 10.0. The number of carbonyl (C=O) groups is 2. The summed E-state index contributed by atoms with van der Waals surface area (Å²) in [5, 5.41) is 20.0. The predicted octanol–water partition coefficient (Wildman–Crippen LogP) is 2.09. The quantitative estimate of drug-likeness (QED) is 0.639. The second kappa shape index (κ2) is 6.83. The van der Waals surface area contributed by atoms with Crippen molar-refractivity contribution in [2.75, 3.05) is 13.1 Å². The molecule has 1 rings (SSSR count). The maximum Gasteiger partial charge on any atom is 0.308 e. The van der Waals surface area contributed by atoms with E-state index < -0.39 is 22.7 Å². The van der Waals surface area contributed by atoms with Crippen LogP contribution in [-0.2, 0) is 4.79 Å². The van der Waals surface area contributed by atoms with Crippen LogP contribution in [0.5, 0.6) is 0 Å². The third-order valence-electron chi connectivity index (χ3n) is 3.25. The van der Waals surface area contributed by atoms with Crippen molar-refractivity contribution in [3.8, 4) is 0 Å². The lowest BCUT2D eigenvalue weighted by molar-refractivity contribution is -0.385. The Bertz CT molecular complexity index is 570. The average molecular weight is 294 g/mol. The number of carboxylic acid groups (broad SMARTS) is 1. The summed E-state index contributed by atoms with van der Waals surface area (Å²) >= 11 is 0. The average Bonchev–Trinajstić information content (AvgIpc) is 2.43. The van der Waals surface area contributed by atoms with Gasteiger partial charge < -0.3 is 10.0 Å². The molecule has 1 aromatic rings. The highest BCUT2D eigenvalue weighted by Crippen LogP contribution is 2.23. The van der Waals surface area contributed by atoms with E-state index in [1.807, 2.05) is 0 Å². The lowest BCUT2D eigenvalue weighted by Crippen LogP contribution is -2.37. The van der Waals surface area contributed by atoms with Crippen molar-refractivity contribution in [3.05, 3.63) is 39.4 Å². The van der Waals surface area contributed by atoms with Crippen LogP contribution in [0, 0.1) is 23.0 Å². The molecule has 0 heterocycles. The van der Waals surface area contributed by atoms with E-state index in [0.717, 1.165) is 0 Å². The zero-order valence-corrected chi connectivity index (χ0v) is 12.2. The highest BCUT2D eigenvalue weighted by molar-refractivity contribution is 5.99. The summed E-state index contributed by atoms with van der Waals surface area (Å²) in [4.78, 5) is 35.2. The van der Waals surface area contributed by atoms with Crippen molar-refractivity contribution in [1.29, 1.82) is 0 Å². The monoisotopic (exact) mass is 294 g/mol. The molecule has 21 heavy (non-hydrogen) atoms. The molecular weight excluding hydrogens is 276 g/mol. The zero-order valence-electron chi connectivity index (χ0n) is 12.2. The molecule has 0 aliphatic carbocycles. The fourth-order valence-corrected chi connectivity index (χ4v) is 2.01. The molecule has 7 heteroatoms. The minimum atomic E-state index is -1.01. The van der Waals surface area contributed by atoms with E-state index in [1.165, 1.54) is 24.0 Å². The topological polar surface area (TPSA) is 101 Å². The maximum atomic E-state index is 12.5. The molecule has 1 atom stereocenters. The number of amides is 1. The van der Waals surface area contributed by atoms with Gasteiger partial charge in [0.2, 0.25) is 0 Å². The molecule has 0 aliphatic heterocycles. The van der Waals surface area contributed by atoms with Crippen LogP contribution in [-0.4, -0.2) is 39.9 Å². The summed E-state index contributed by atoms with van der Waals surface area (Å²) in [6, 6.07) is 4.41. The van der Waals surface area contributed by atoms with Crippen LogP contribution in [0.25, 0.3) is 0 Å². The Morgan fingerprint density at radius 1 is 1.43 bits per heavy atom. The van der Waals surface area contributed by atoms with Gasteiger partial charge in [-0.1, -0.05) is 19.1 Å². The molecule has 0 aromatic heterocycles. The lowest BCUT2D eigenvalue weighted by Gasteiger charge is -2.23. The van der Waals surface area contributed by atoms with Gasteiger partial charge in [0.25, 0.3) is 11.6 Å². The molecular formula is C14H18N2O5. The van der Waals surface area contributed by atoms with Crippen molar-refractivity contribution in [3.63, 3.8) is 0 Å². The molecule has 1 aromatic carbocycles. The molecule has 0 spiro atoms. The van der Waals surface area contributed by atoms with Gasteiger partial charge in [0.05, 0.1) is 10.8 Å². The van der Waals surface area contributed by atoms with Crippen molar-refractivity contribution in [2.45, 2.75) is 20.8 Å². The fourth-order valence-electron chi connectivity index (χ4n) is 2.01. The third-order valence-corrected chi connectivity index (χ3v) is 3.25. The number of aryl methyl sites for hydroxylation is 1. The molecule has 1 N–H and O–H groups in total. The Kier molecular flexibility index (Phi) is 5.40. The van der Waals surface area contributed by atoms with E-state index in [9.17, 15) is 19.7 Å². The summed E-state index contributed by atoms with van der Waals surface area (Å²) < 4.78 is 0. The first-order valence-corrected chi connectivity index (χ1v) is 6.55. The molecule has 0 radical (unpaired) electrons. The summed E-state index contributed by atoms with van der Waals surface area (Å²) in [7, 11) is 0. The van der Waals surface area contributed by atoms with Crippen LogP contribution in [0.1, 0.15) is 29.8 Å².